The zero-order valence-electron chi connectivity index (χ0n) is 7.47. The predicted molar refractivity (Wildman–Crippen MR) is 47.2 cm³/mol. The summed E-state index contributed by atoms with van der Waals surface area (Å²) >= 11 is 0. The van der Waals surface area contributed by atoms with Gasteiger partial charge in [-0.2, -0.15) is 5.11 Å². The molecule has 0 unspecified atom stereocenters. The molecule has 0 atom stereocenters. The Balaban J connectivity index is 2.43. The molecule has 9 nitrogen and oxygen atoms in total. The second kappa shape index (κ2) is 5.32. The fourth-order valence-electron chi connectivity index (χ4n) is 0.729. The first-order chi connectivity index (χ1) is 7.25. The van der Waals surface area contributed by atoms with Crippen LogP contribution in [0.15, 0.2) is 22.1 Å². The maximum absolute atomic E-state index is 10.5. The number of anilines is 1. The number of nitrogens with one attached hydrogen (secondary N) is 3. The van der Waals surface area contributed by atoms with E-state index in [1.807, 2.05) is 0 Å². The van der Waals surface area contributed by atoms with Crippen LogP contribution in [-0.4, -0.2) is 28.1 Å². The number of aromatic nitrogens is 2. The monoisotopic (exact) mass is 212 g/mol. The summed E-state index contributed by atoms with van der Waals surface area (Å²) < 4.78 is 4.25. The summed E-state index contributed by atoms with van der Waals surface area (Å²) in [6.07, 6.45) is 2.63. The second-order valence-electron chi connectivity index (χ2n) is 2.27. The summed E-state index contributed by atoms with van der Waals surface area (Å²) in [4.78, 5) is 10.5. The molecule has 80 valence electrons. The number of carboxylic acid groups (broad SMARTS) is 1. The third kappa shape index (κ3) is 3.06. The molecule has 0 aliphatic rings. The van der Waals surface area contributed by atoms with E-state index < -0.39 is 5.97 Å². The Labute approximate surface area is 83.6 Å². The third-order valence-corrected chi connectivity index (χ3v) is 1.32. The van der Waals surface area contributed by atoms with Crippen molar-refractivity contribution in [3.8, 4) is 0 Å². The first-order valence-electron chi connectivity index (χ1n) is 3.80. The van der Waals surface area contributed by atoms with E-state index in [1.54, 1.807) is 0 Å². The maximum Gasteiger partial charge on any atom is 0.362 e. The summed E-state index contributed by atoms with van der Waals surface area (Å²) in [6, 6.07) is 0. The molecule has 0 radical (unpaired) electrons. The molecule has 0 amide bonds. The van der Waals surface area contributed by atoms with E-state index in [2.05, 4.69) is 30.7 Å². The van der Waals surface area contributed by atoms with Gasteiger partial charge in [-0.1, -0.05) is 0 Å². The van der Waals surface area contributed by atoms with E-state index in [1.165, 1.54) is 12.4 Å². The van der Waals surface area contributed by atoms with Crippen LogP contribution in [0.4, 0.5) is 5.82 Å². The smallest absolute Gasteiger partial charge is 0.362 e. The topological polar surface area (TPSA) is 136 Å². The second-order valence-corrected chi connectivity index (χ2v) is 2.27. The number of hydrogen-bond donors (Lipinski definition) is 4. The van der Waals surface area contributed by atoms with Crippen molar-refractivity contribution < 1.29 is 14.5 Å². The van der Waals surface area contributed by atoms with E-state index >= 15 is 0 Å². The van der Waals surface area contributed by atoms with Gasteiger partial charge in [0.25, 0.3) is 0 Å². The molecule has 4 N–H and O–H groups in total. The molecule has 0 fully saturated rings. The minimum atomic E-state index is -1.23. The van der Waals surface area contributed by atoms with Gasteiger partial charge in [0.1, 0.15) is 0 Å². The molecular weight excluding hydrogens is 204 g/mol. The molecule has 0 bridgehead atoms. The lowest BCUT2D eigenvalue weighted by Crippen LogP contribution is -2.17. The summed E-state index contributed by atoms with van der Waals surface area (Å²) in [5.41, 5.74) is 6.14. The van der Waals surface area contributed by atoms with E-state index in [0.717, 1.165) is 0 Å². The number of carboxylic acids is 1. The lowest BCUT2D eigenvalue weighted by Gasteiger charge is -2.00. The Hall–Kier alpha value is -2.45. The van der Waals surface area contributed by atoms with Crippen LogP contribution < -0.4 is 10.6 Å². The number of carbonyl (C=O) groups is 1. The molecule has 9 heteroatoms. The van der Waals surface area contributed by atoms with Gasteiger partial charge in [-0.3, -0.25) is 0 Å². The summed E-state index contributed by atoms with van der Waals surface area (Å²) in [5.74, 6) is -1.19. The predicted octanol–water partition coefficient (Wildman–Crippen LogP) is 0.229. The van der Waals surface area contributed by atoms with Crippen LogP contribution in [0.25, 0.3) is 0 Å². The van der Waals surface area contributed by atoms with Gasteiger partial charge in [0.15, 0.2) is 0 Å². The summed E-state index contributed by atoms with van der Waals surface area (Å²) in [6.45, 7) is 0.209. The lowest BCUT2D eigenvalue weighted by molar-refractivity contribution is 0.0685. The molecule has 1 aromatic rings. The number of hydrogen-bond acceptors (Lipinski definition) is 8. The SMILES string of the molecule is N=N/C=C\NCNc1nonc1C(=O)O. The molecule has 0 aliphatic heterocycles. The van der Waals surface area contributed by atoms with Gasteiger partial charge in [-0.25, -0.2) is 15.0 Å². The Kier molecular flexibility index (Phi) is 3.77. The molecular formula is C6H8N6O3. The summed E-state index contributed by atoms with van der Waals surface area (Å²) in [5, 5.41) is 23.4. The van der Waals surface area contributed by atoms with Gasteiger partial charge in [0.05, 0.1) is 12.9 Å². The van der Waals surface area contributed by atoms with Crippen LogP contribution in [0, 0.1) is 5.53 Å². The van der Waals surface area contributed by atoms with Gasteiger partial charge in [0.2, 0.25) is 11.5 Å². The zero-order valence-corrected chi connectivity index (χ0v) is 7.47. The fraction of sp³-hybridized carbons (Fsp3) is 0.167. The molecule has 0 aromatic carbocycles. The van der Waals surface area contributed by atoms with Crippen molar-refractivity contribution in [3.05, 3.63) is 18.1 Å². The van der Waals surface area contributed by atoms with Crippen molar-refractivity contribution in [2.45, 2.75) is 0 Å². The first-order valence-corrected chi connectivity index (χ1v) is 3.80. The van der Waals surface area contributed by atoms with Gasteiger partial charge < -0.3 is 15.7 Å². The van der Waals surface area contributed by atoms with Gasteiger partial charge in [-0.15, -0.1) is 0 Å². The van der Waals surface area contributed by atoms with Crippen LogP contribution in [0.3, 0.4) is 0 Å². The summed E-state index contributed by atoms with van der Waals surface area (Å²) in [7, 11) is 0. The quantitative estimate of drug-likeness (QED) is 0.301. The standard InChI is InChI=1S/C6H8N6O3/c7-10-2-1-8-3-9-5-4(6(13)14)11-15-12-5/h1-2,7-8H,3H2,(H,9,12)(H,13,14)/b2-1-,10-7?. The van der Waals surface area contributed by atoms with Gasteiger partial charge in [-0.05, 0) is 10.3 Å². The molecule has 0 spiro atoms. The van der Waals surface area contributed by atoms with E-state index in [9.17, 15) is 4.79 Å². The minimum absolute atomic E-state index is 0.0335. The Morgan fingerprint density at radius 2 is 2.47 bits per heavy atom. The van der Waals surface area contributed by atoms with Crippen LogP contribution in [0.2, 0.25) is 0 Å². The molecule has 0 saturated carbocycles. The molecule has 1 aromatic heterocycles. The normalized spacial score (nSPS) is 10.1. The Morgan fingerprint density at radius 1 is 1.67 bits per heavy atom. The van der Waals surface area contributed by atoms with Crippen LogP contribution in [-0.2, 0) is 0 Å². The number of nitrogens with zero attached hydrogens (tertiary/aromatic N) is 3. The maximum atomic E-state index is 10.5. The van der Waals surface area contributed by atoms with Crippen molar-refractivity contribution in [1.29, 1.82) is 5.53 Å². The minimum Gasteiger partial charge on any atom is -0.476 e. The van der Waals surface area contributed by atoms with Crippen LogP contribution in [0.5, 0.6) is 0 Å². The third-order valence-electron chi connectivity index (χ3n) is 1.32. The average molecular weight is 212 g/mol. The number of aromatic carboxylic acids is 1. The molecule has 1 heterocycles. The van der Waals surface area contributed by atoms with Crippen molar-refractivity contribution >= 4 is 11.8 Å². The van der Waals surface area contributed by atoms with E-state index in [-0.39, 0.29) is 18.2 Å². The first kappa shape index (κ1) is 10.6. The van der Waals surface area contributed by atoms with Crippen molar-refractivity contribution in [2.24, 2.45) is 5.11 Å². The highest BCUT2D eigenvalue weighted by molar-refractivity contribution is 5.90. The zero-order chi connectivity index (χ0) is 11.1. The largest absolute Gasteiger partial charge is 0.476 e. The van der Waals surface area contributed by atoms with Crippen molar-refractivity contribution in [3.63, 3.8) is 0 Å². The average Bonchev–Trinajstić information content (AvgIpc) is 2.66. The van der Waals surface area contributed by atoms with Gasteiger partial charge >= 0.3 is 5.97 Å². The molecule has 15 heavy (non-hydrogen) atoms. The highest BCUT2D eigenvalue weighted by Gasteiger charge is 2.15. The highest BCUT2D eigenvalue weighted by atomic mass is 16.6. The number of rotatable bonds is 6. The van der Waals surface area contributed by atoms with Crippen LogP contribution >= 0.6 is 0 Å². The fourth-order valence-corrected chi connectivity index (χ4v) is 0.729. The van der Waals surface area contributed by atoms with E-state index in [0.29, 0.717) is 0 Å². The molecule has 1 rings (SSSR count). The Morgan fingerprint density at radius 3 is 3.13 bits per heavy atom. The highest BCUT2D eigenvalue weighted by Crippen LogP contribution is 2.07. The van der Waals surface area contributed by atoms with Crippen molar-refractivity contribution in [1.82, 2.24) is 15.6 Å². The van der Waals surface area contributed by atoms with Crippen molar-refractivity contribution in [2.75, 3.05) is 12.0 Å². The van der Waals surface area contributed by atoms with E-state index in [4.69, 9.17) is 10.6 Å². The Bertz CT molecular complexity index is 373. The molecule has 0 aliphatic carbocycles. The van der Waals surface area contributed by atoms with Crippen LogP contribution in [0.1, 0.15) is 10.5 Å². The molecule has 0 saturated heterocycles. The van der Waals surface area contributed by atoms with Gasteiger partial charge in [0, 0.05) is 6.20 Å². The lowest BCUT2D eigenvalue weighted by atomic mass is 10.4.